The molecule has 1 unspecified atom stereocenters. The Morgan fingerprint density at radius 2 is 2.23 bits per heavy atom. The molecule has 0 saturated carbocycles. The van der Waals surface area contributed by atoms with Crippen molar-refractivity contribution in [1.29, 1.82) is 0 Å². The van der Waals surface area contributed by atoms with Crippen LogP contribution in [0.3, 0.4) is 0 Å². The van der Waals surface area contributed by atoms with Gasteiger partial charge in [0.25, 0.3) is 0 Å². The topological polar surface area (TPSA) is 24.9 Å². The van der Waals surface area contributed by atoms with E-state index in [4.69, 9.17) is 0 Å². The van der Waals surface area contributed by atoms with Crippen molar-refractivity contribution in [2.24, 2.45) is 11.8 Å². The van der Waals surface area contributed by atoms with Crippen LogP contribution in [0.2, 0.25) is 0 Å². The summed E-state index contributed by atoms with van der Waals surface area (Å²) < 4.78 is 0.914. The van der Waals surface area contributed by atoms with E-state index in [0.717, 1.165) is 22.2 Å². The zero-order valence-electron chi connectivity index (χ0n) is 8.17. The number of hydrogen-bond acceptors (Lipinski definition) is 3. The van der Waals surface area contributed by atoms with Crippen LogP contribution in [0.4, 0.5) is 5.13 Å². The van der Waals surface area contributed by atoms with Gasteiger partial charge in [-0.1, -0.05) is 20.8 Å². The van der Waals surface area contributed by atoms with Gasteiger partial charge in [0.1, 0.15) is 4.60 Å². The molecule has 0 radical (unpaired) electrons. The highest BCUT2D eigenvalue weighted by Crippen LogP contribution is 2.20. The second kappa shape index (κ2) is 4.96. The van der Waals surface area contributed by atoms with E-state index in [1.54, 1.807) is 11.3 Å². The van der Waals surface area contributed by atoms with Gasteiger partial charge in [0.2, 0.25) is 0 Å². The van der Waals surface area contributed by atoms with Crippen molar-refractivity contribution < 1.29 is 0 Å². The first-order valence-corrected chi connectivity index (χ1v) is 6.11. The predicted octanol–water partition coefficient (Wildman–Crippen LogP) is 3.61. The summed E-state index contributed by atoms with van der Waals surface area (Å²) in [5, 5.41) is 6.31. The van der Waals surface area contributed by atoms with E-state index in [2.05, 4.69) is 47.0 Å². The van der Waals surface area contributed by atoms with E-state index in [1.165, 1.54) is 0 Å². The first-order chi connectivity index (χ1) is 6.09. The van der Waals surface area contributed by atoms with E-state index in [9.17, 15) is 0 Å². The average molecular weight is 263 g/mol. The molecule has 0 bridgehead atoms. The molecule has 0 aliphatic carbocycles. The number of rotatable bonds is 4. The molecule has 1 rings (SSSR count). The average Bonchev–Trinajstić information content (AvgIpc) is 2.47. The fraction of sp³-hybridized carbons (Fsp3) is 0.667. The van der Waals surface area contributed by atoms with Gasteiger partial charge in [-0.25, -0.2) is 4.98 Å². The van der Waals surface area contributed by atoms with E-state index in [-0.39, 0.29) is 0 Å². The van der Waals surface area contributed by atoms with E-state index in [0.29, 0.717) is 5.92 Å². The Morgan fingerprint density at radius 1 is 1.54 bits per heavy atom. The molecule has 0 aliphatic rings. The molecule has 1 heterocycles. The zero-order chi connectivity index (χ0) is 9.84. The number of anilines is 1. The van der Waals surface area contributed by atoms with Crippen LogP contribution >= 0.6 is 27.3 Å². The third-order valence-electron chi connectivity index (χ3n) is 2.19. The molecular formula is C9H15BrN2S. The van der Waals surface area contributed by atoms with Crippen LogP contribution in [0.25, 0.3) is 0 Å². The summed E-state index contributed by atoms with van der Waals surface area (Å²) in [6, 6.07) is 0. The highest BCUT2D eigenvalue weighted by molar-refractivity contribution is 9.10. The van der Waals surface area contributed by atoms with Crippen LogP contribution in [0.15, 0.2) is 9.98 Å². The molecule has 0 saturated heterocycles. The number of halogens is 1. The molecule has 1 aromatic heterocycles. The van der Waals surface area contributed by atoms with Gasteiger partial charge < -0.3 is 5.32 Å². The quantitative estimate of drug-likeness (QED) is 0.897. The minimum Gasteiger partial charge on any atom is -0.361 e. The normalized spacial score (nSPS) is 13.3. The molecule has 2 nitrogen and oxygen atoms in total. The number of nitrogens with one attached hydrogen (secondary N) is 1. The first-order valence-electron chi connectivity index (χ1n) is 4.44. The molecule has 0 aliphatic heterocycles. The molecule has 0 spiro atoms. The molecule has 0 amide bonds. The van der Waals surface area contributed by atoms with E-state index < -0.39 is 0 Å². The summed E-state index contributed by atoms with van der Waals surface area (Å²) in [6.45, 7) is 7.73. The fourth-order valence-electron chi connectivity index (χ4n) is 0.819. The Kier molecular flexibility index (Phi) is 4.19. The summed E-state index contributed by atoms with van der Waals surface area (Å²) in [6.07, 6.45) is 0. The van der Waals surface area contributed by atoms with Crippen molar-refractivity contribution in [2.45, 2.75) is 20.8 Å². The predicted molar refractivity (Wildman–Crippen MR) is 62.3 cm³/mol. The standard InChI is InChI=1S/C9H15BrN2S/c1-6(2)7(3)4-11-9-12-8(10)5-13-9/h5-7H,4H2,1-3H3,(H,11,12). The second-order valence-electron chi connectivity index (χ2n) is 3.58. The molecule has 13 heavy (non-hydrogen) atoms. The molecule has 0 fully saturated rings. The van der Waals surface area contributed by atoms with Gasteiger partial charge >= 0.3 is 0 Å². The van der Waals surface area contributed by atoms with Crippen molar-refractivity contribution in [1.82, 2.24) is 4.98 Å². The van der Waals surface area contributed by atoms with Crippen molar-refractivity contribution in [2.75, 3.05) is 11.9 Å². The number of nitrogens with zero attached hydrogens (tertiary/aromatic N) is 1. The molecular weight excluding hydrogens is 248 g/mol. The van der Waals surface area contributed by atoms with Crippen molar-refractivity contribution in [3.63, 3.8) is 0 Å². The molecule has 74 valence electrons. The number of aromatic nitrogens is 1. The lowest BCUT2D eigenvalue weighted by Crippen LogP contribution is -2.15. The summed E-state index contributed by atoms with van der Waals surface area (Å²) in [5.41, 5.74) is 0. The van der Waals surface area contributed by atoms with Crippen LogP contribution in [-0.2, 0) is 0 Å². The smallest absolute Gasteiger partial charge is 0.183 e. The second-order valence-corrected chi connectivity index (χ2v) is 5.25. The highest BCUT2D eigenvalue weighted by Gasteiger charge is 2.07. The maximum atomic E-state index is 4.27. The Balaban J connectivity index is 2.35. The van der Waals surface area contributed by atoms with Crippen LogP contribution in [0.5, 0.6) is 0 Å². The molecule has 4 heteroatoms. The highest BCUT2D eigenvalue weighted by atomic mass is 79.9. The van der Waals surface area contributed by atoms with Gasteiger partial charge in [-0.2, -0.15) is 0 Å². The Labute approximate surface area is 91.9 Å². The van der Waals surface area contributed by atoms with Gasteiger partial charge in [0, 0.05) is 11.9 Å². The lowest BCUT2D eigenvalue weighted by atomic mass is 9.98. The third-order valence-corrected chi connectivity index (χ3v) is 3.70. The molecule has 1 aromatic rings. The van der Waals surface area contributed by atoms with Crippen molar-refractivity contribution in [3.05, 3.63) is 9.98 Å². The monoisotopic (exact) mass is 262 g/mol. The third kappa shape index (κ3) is 3.65. The summed E-state index contributed by atoms with van der Waals surface area (Å²) in [5.74, 6) is 1.40. The lowest BCUT2D eigenvalue weighted by Gasteiger charge is -2.15. The number of thiazole rings is 1. The maximum Gasteiger partial charge on any atom is 0.183 e. The Hall–Kier alpha value is -0.0900. The van der Waals surface area contributed by atoms with Gasteiger partial charge in [-0.05, 0) is 27.8 Å². The van der Waals surface area contributed by atoms with Crippen molar-refractivity contribution >= 4 is 32.4 Å². The molecule has 1 atom stereocenters. The lowest BCUT2D eigenvalue weighted by molar-refractivity contribution is 0.439. The first kappa shape index (κ1) is 11.0. The largest absolute Gasteiger partial charge is 0.361 e. The summed E-state index contributed by atoms with van der Waals surface area (Å²) >= 11 is 4.96. The SMILES string of the molecule is CC(C)C(C)CNc1nc(Br)cs1. The van der Waals surface area contributed by atoms with Gasteiger partial charge in [0.15, 0.2) is 5.13 Å². The Morgan fingerprint density at radius 3 is 2.69 bits per heavy atom. The van der Waals surface area contributed by atoms with Gasteiger partial charge in [0.05, 0.1) is 0 Å². The number of hydrogen-bond donors (Lipinski definition) is 1. The van der Waals surface area contributed by atoms with Crippen LogP contribution < -0.4 is 5.32 Å². The maximum absolute atomic E-state index is 4.27. The Bertz CT molecular complexity index is 260. The van der Waals surface area contributed by atoms with Crippen molar-refractivity contribution in [3.8, 4) is 0 Å². The molecule has 1 N–H and O–H groups in total. The molecule has 0 aromatic carbocycles. The van der Waals surface area contributed by atoms with Gasteiger partial charge in [-0.3, -0.25) is 0 Å². The van der Waals surface area contributed by atoms with Crippen LogP contribution in [0.1, 0.15) is 20.8 Å². The summed E-state index contributed by atoms with van der Waals surface area (Å²) in [7, 11) is 0. The van der Waals surface area contributed by atoms with Crippen LogP contribution in [-0.4, -0.2) is 11.5 Å². The van der Waals surface area contributed by atoms with Gasteiger partial charge in [-0.15, -0.1) is 11.3 Å². The van der Waals surface area contributed by atoms with E-state index in [1.807, 2.05) is 5.38 Å². The minimum atomic E-state index is 0.683. The zero-order valence-corrected chi connectivity index (χ0v) is 10.6. The fourth-order valence-corrected chi connectivity index (χ4v) is 1.97. The minimum absolute atomic E-state index is 0.683. The van der Waals surface area contributed by atoms with E-state index >= 15 is 0 Å². The summed E-state index contributed by atoms with van der Waals surface area (Å²) in [4.78, 5) is 4.27. The van der Waals surface area contributed by atoms with Crippen LogP contribution in [0, 0.1) is 11.8 Å².